The van der Waals surface area contributed by atoms with Gasteiger partial charge in [0.2, 0.25) is 10.0 Å². The van der Waals surface area contributed by atoms with Crippen molar-refractivity contribution < 1.29 is 22.7 Å². The van der Waals surface area contributed by atoms with Crippen LogP contribution in [0.15, 0.2) is 47.5 Å². The molecule has 0 saturated carbocycles. The molecule has 3 heterocycles. The van der Waals surface area contributed by atoms with E-state index in [1.54, 1.807) is 24.4 Å². The summed E-state index contributed by atoms with van der Waals surface area (Å²) in [6.45, 7) is 4.48. The number of aryl methyl sites for hydroxylation is 2. The fourth-order valence-electron chi connectivity index (χ4n) is 3.94. The van der Waals surface area contributed by atoms with Gasteiger partial charge >= 0.3 is 5.97 Å². The van der Waals surface area contributed by atoms with E-state index >= 15 is 0 Å². The molecule has 0 bridgehead atoms. The number of morpholine rings is 1. The van der Waals surface area contributed by atoms with Crippen molar-refractivity contribution in [3.63, 3.8) is 0 Å². The van der Waals surface area contributed by atoms with Crippen LogP contribution in [0.5, 0.6) is 0 Å². The molecule has 1 aliphatic rings. The van der Waals surface area contributed by atoms with Crippen LogP contribution in [0.3, 0.4) is 0 Å². The van der Waals surface area contributed by atoms with Crippen LogP contribution in [0.25, 0.3) is 11.0 Å². The quantitative estimate of drug-likeness (QED) is 0.406. The van der Waals surface area contributed by atoms with E-state index in [1.165, 1.54) is 4.31 Å². The monoisotopic (exact) mass is 486 g/mol. The fraction of sp³-hybridized carbons (Fsp3) is 0.458. The van der Waals surface area contributed by atoms with Crippen LogP contribution in [0, 0.1) is 0 Å². The Kier molecular flexibility index (Phi) is 7.91. The highest BCUT2D eigenvalue weighted by Crippen LogP contribution is 2.24. The summed E-state index contributed by atoms with van der Waals surface area (Å²) in [6, 6.07) is 10.5. The van der Waals surface area contributed by atoms with E-state index in [0.29, 0.717) is 43.9 Å². The van der Waals surface area contributed by atoms with Gasteiger partial charge in [0, 0.05) is 32.3 Å². The normalized spacial score (nSPS) is 15.0. The Hall–Kier alpha value is -2.82. The molecule has 1 aliphatic heterocycles. The maximum Gasteiger partial charge on any atom is 0.306 e. The second-order valence-electron chi connectivity index (χ2n) is 8.18. The SMILES string of the molecule is CCCCn1c(CCC(=O)OCc2ccccn2)nc2cc(S(=O)(=O)N3CCOCC3)ccc21. The molecular formula is C24H30N4O5S. The number of sulfonamides is 1. The lowest BCUT2D eigenvalue weighted by molar-refractivity contribution is -0.145. The van der Waals surface area contributed by atoms with Crippen LogP contribution in [-0.2, 0) is 43.9 Å². The van der Waals surface area contributed by atoms with Crippen LogP contribution < -0.4 is 0 Å². The van der Waals surface area contributed by atoms with Crippen molar-refractivity contribution >= 4 is 27.0 Å². The average Bonchev–Trinajstić information content (AvgIpc) is 3.22. The van der Waals surface area contributed by atoms with Gasteiger partial charge in [-0.3, -0.25) is 9.78 Å². The molecule has 0 radical (unpaired) electrons. The van der Waals surface area contributed by atoms with Gasteiger partial charge in [-0.1, -0.05) is 19.4 Å². The number of carbonyl (C=O) groups is 1. The number of imidazole rings is 1. The molecule has 0 unspecified atom stereocenters. The van der Waals surface area contributed by atoms with Gasteiger partial charge in [0.25, 0.3) is 0 Å². The molecule has 182 valence electrons. The maximum absolute atomic E-state index is 13.1. The number of hydrogen-bond acceptors (Lipinski definition) is 7. The van der Waals surface area contributed by atoms with Crippen LogP contribution >= 0.6 is 0 Å². The molecule has 3 aromatic rings. The molecule has 34 heavy (non-hydrogen) atoms. The molecule has 0 N–H and O–H groups in total. The van der Waals surface area contributed by atoms with Crippen molar-refractivity contribution in [1.82, 2.24) is 18.8 Å². The summed E-state index contributed by atoms with van der Waals surface area (Å²) in [6.07, 6.45) is 4.21. The summed E-state index contributed by atoms with van der Waals surface area (Å²) in [7, 11) is -3.61. The zero-order valence-corrected chi connectivity index (χ0v) is 20.2. The van der Waals surface area contributed by atoms with Gasteiger partial charge < -0.3 is 14.0 Å². The first kappa shape index (κ1) is 24.3. The molecule has 1 saturated heterocycles. The number of esters is 1. The first-order valence-electron chi connectivity index (χ1n) is 11.6. The highest BCUT2D eigenvalue weighted by molar-refractivity contribution is 7.89. The Bertz CT molecular complexity index is 1220. The molecular weight excluding hydrogens is 456 g/mol. The molecule has 4 rings (SSSR count). The third kappa shape index (κ3) is 5.63. The molecule has 9 nitrogen and oxygen atoms in total. The summed E-state index contributed by atoms with van der Waals surface area (Å²) in [5.41, 5.74) is 2.17. The van der Waals surface area contributed by atoms with Crippen LogP contribution in [-0.4, -0.2) is 59.5 Å². The van der Waals surface area contributed by atoms with Crippen molar-refractivity contribution in [2.45, 2.75) is 50.7 Å². The minimum absolute atomic E-state index is 0.134. The number of aromatic nitrogens is 3. The summed E-state index contributed by atoms with van der Waals surface area (Å²) in [5.74, 6) is 0.425. The Morgan fingerprint density at radius 1 is 1.18 bits per heavy atom. The van der Waals surface area contributed by atoms with Crippen molar-refractivity contribution in [1.29, 1.82) is 0 Å². The highest BCUT2D eigenvalue weighted by Gasteiger charge is 2.27. The summed E-state index contributed by atoms with van der Waals surface area (Å²) in [4.78, 5) is 21.4. The van der Waals surface area contributed by atoms with Crippen molar-refractivity contribution in [2.75, 3.05) is 26.3 Å². The number of pyridine rings is 1. The topological polar surface area (TPSA) is 104 Å². The van der Waals surface area contributed by atoms with E-state index in [0.717, 1.165) is 30.7 Å². The number of ether oxygens (including phenoxy) is 2. The molecule has 0 amide bonds. The molecule has 2 aromatic heterocycles. The van der Waals surface area contributed by atoms with E-state index in [4.69, 9.17) is 14.5 Å². The number of fused-ring (bicyclic) bond motifs is 1. The molecule has 0 spiro atoms. The predicted octanol–water partition coefficient (Wildman–Crippen LogP) is 2.93. The lowest BCUT2D eigenvalue weighted by Gasteiger charge is -2.26. The molecule has 1 aromatic carbocycles. The number of rotatable bonds is 10. The highest BCUT2D eigenvalue weighted by atomic mass is 32.2. The number of unbranched alkanes of at least 4 members (excludes halogenated alkanes) is 1. The van der Waals surface area contributed by atoms with E-state index in [-0.39, 0.29) is 23.9 Å². The van der Waals surface area contributed by atoms with Gasteiger partial charge in [-0.05, 0) is 36.8 Å². The van der Waals surface area contributed by atoms with E-state index in [2.05, 4.69) is 16.5 Å². The zero-order chi connectivity index (χ0) is 24.0. The number of benzene rings is 1. The Labute approximate surface area is 199 Å². The third-order valence-electron chi connectivity index (χ3n) is 5.80. The van der Waals surface area contributed by atoms with E-state index in [1.807, 2.05) is 18.2 Å². The Balaban J connectivity index is 1.51. The maximum atomic E-state index is 13.1. The minimum atomic E-state index is -3.61. The van der Waals surface area contributed by atoms with Gasteiger partial charge in [-0.25, -0.2) is 13.4 Å². The van der Waals surface area contributed by atoms with Gasteiger partial charge in [0.15, 0.2) is 0 Å². The largest absolute Gasteiger partial charge is 0.459 e. The smallest absolute Gasteiger partial charge is 0.306 e. The first-order chi connectivity index (χ1) is 16.5. The molecule has 0 aliphatic carbocycles. The lowest BCUT2D eigenvalue weighted by Crippen LogP contribution is -2.40. The van der Waals surface area contributed by atoms with Crippen LogP contribution in [0.4, 0.5) is 0 Å². The molecule has 10 heteroatoms. The fourth-order valence-corrected chi connectivity index (χ4v) is 5.37. The summed E-state index contributed by atoms with van der Waals surface area (Å²) in [5, 5.41) is 0. The summed E-state index contributed by atoms with van der Waals surface area (Å²) < 4.78 is 40.3. The van der Waals surface area contributed by atoms with Crippen LogP contribution in [0.1, 0.15) is 37.7 Å². The van der Waals surface area contributed by atoms with Crippen molar-refractivity contribution in [2.24, 2.45) is 0 Å². The van der Waals surface area contributed by atoms with E-state index < -0.39 is 10.0 Å². The van der Waals surface area contributed by atoms with Crippen molar-refractivity contribution in [3.05, 3.63) is 54.1 Å². The molecule has 1 fully saturated rings. The minimum Gasteiger partial charge on any atom is -0.459 e. The zero-order valence-electron chi connectivity index (χ0n) is 19.4. The van der Waals surface area contributed by atoms with E-state index in [9.17, 15) is 13.2 Å². The van der Waals surface area contributed by atoms with Gasteiger partial charge in [0.05, 0.1) is 41.3 Å². The van der Waals surface area contributed by atoms with Gasteiger partial charge in [0.1, 0.15) is 12.4 Å². The Morgan fingerprint density at radius 2 is 2.00 bits per heavy atom. The Morgan fingerprint density at radius 3 is 2.74 bits per heavy atom. The number of hydrogen-bond donors (Lipinski definition) is 0. The third-order valence-corrected chi connectivity index (χ3v) is 7.70. The van der Waals surface area contributed by atoms with Crippen molar-refractivity contribution in [3.8, 4) is 0 Å². The average molecular weight is 487 g/mol. The number of carbonyl (C=O) groups excluding carboxylic acids is 1. The first-order valence-corrected chi connectivity index (χ1v) is 13.1. The summed E-state index contributed by atoms with van der Waals surface area (Å²) >= 11 is 0. The van der Waals surface area contributed by atoms with Gasteiger partial charge in [-0.2, -0.15) is 4.31 Å². The van der Waals surface area contributed by atoms with Gasteiger partial charge in [-0.15, -0.1) is 0 Å². The second kappa shape index (κ2) is 11.1. The molecule has 0 atom stereocenters. The standard InChI is InChI=1S/C24H30N4O5S/c1-2-3-12-28-22-8-7-20(34(30,31)27-13-15-32-16-14-27)17-21(22)26-23(28)9-10-24(29)33-18-19-6-4-5-11-25-19/h4-8,11,17H,2-3,9-10,12-16,18H2,1H3. The van der Waals surface area contributed by atoms with Crippen LogP contribution in [0.2, 0.25) is 0 Å². The lowest BCUT2D eigenvalue weighted by atomic mass is 10.2. The number of nitrogens with zero attached hydrogens (tertiary/aromatic N) is 4. The second-order valence-corrected chi connectivity index (χ2v) is 10.1. The predicted molar refractivity (Wildman–Crippen MR) is 127 cm³/mol.